The Kier molecular flexibility index (Phi) is 5.59. The molecule has 0 aliphatic carbocycles. The van der Waals surface area contributed by atoms with Gasteiger partial charge >= 0.3 is 0 Å². The maximum absolute atomic E-state index is 4.61. The van der Waals surface area contributed by atoms with Crippen molar-refractivity contribution in [2.75, 3.05) is 23.7 Å². The van der Waals surface area contributed by atoms with Crippen LogP contribution in [0.2, 0.25) is 0 Å². The second kappa shape index (κ2) is 7.43. The lowest BCUT2D eigenvalue weighted by Crippen LogP contribution is -2.07. The molecule has 2 rings (SSSR count). The van der Waals surface area contributed by atoms with Crippen molar-refractivity contribution in [3.05, 3.63) is 10.9 Å². The molecule has 0 saturated heterocycles. The van der Waals surface area contributed by atoms with Crippen molar-refractivity contribution < 1.29 is 0 Å². The summed E-state index contributed by atoms with van der Waals surface area (Å²) in [5.74, 6) is 1.69. The molecule has 0 unspecified atom stereocenters. The summed E-state index contributed by atoms with van der Waals surface area (Å²) in [6.45, 7) is 8.28. The molecule has 2 N–H and O–H groups in total. The Bertz CT molecular complexity index is 550. The quantitative estimate of drug-likeness (QED) is 0.713. The van der Waals surface area contributed by atoms with E-state index in [-0.39, 0.29) is 0 Å². The van der Waals surface area contributed by atoms with Crippen LogP contribution in [0.25, 0.3) is 10.2 Å². The smallest absolute Gasteiger partial charge is 0.226 e. The van der Waals surface area contributed by atoms with Crippen molar-refractivity contribution in [3.63, 3.8) is 0 Å². The van der Waals surface area contributed by atoms with Crippen LogP contribution in [-0.2, 0) is 6.42 Å². The summed E-state index contributed by atoms with van der Waals surface area (Å²) < 4.78 is 0. The Labute approximate surface area is 125 Å². The first-order valence-electron chi connectivity index (χ1n) is 7.56. The van der Waals surface area contributed by atoms with Gasteiger partial charge in [0.05, 0.1) is 5.39 Å². The number of hydrogen-bond acceptors (Lipinski definition) is 5. The van der Waals surface area contributed by atoms with Crippen LogP contribution < -0.4 is 10.6 Å². The molecule has 0 amide bonds. The van der Waals surface area contributed by atoms with Gasteiger partial charge in [0.2, 0.25) is 5.95 Å². The summed E-state index contributed by atoms with van der Waals surface area (Å²) in [4.78, 5) is 11.6. The van der Waals surface area contributed by atoms with Gasteiger partial charge in [0, 0.05) is 18.0 Å². The number of fused-ring (bicyclic) bond motifs is 1. The predicted molar refractivity (Wildman–Crippen MR) is 89.0 cm³/mol. The summed E-state index contributed by atoms with van der Waals surface area (Å²) in [5, 5.41) is 7.85. The van der Waals surface area contributed by atoms with Crippen LogP contribution in [0.4, 0.5) is 11.8 Å². The molecule has 2 aromatic heterocycles. The van der Waals surface area contributed by atoms with E-state index in [9.17, 15) is 0 Å². The summed E-state index contributed by atoms with van der Waals surface area (Å²) >= 11 is 1.76. The van der Waals surface area contributed by atoms with E-state index in [1.807, 2.05) is 0 Å². The highest BCUT2D eigenvalue weighted by atomic mass is 32.1. The summed E-state index contributed by atoms with van der Waals surface area (Å²) in [6, 6.07) is 2.22. The van der Waals surface area contributed by atoms with Crippen LogP contribution in [0.1, 0.15) is 44.9 Å². The van der Waals surface area contributed by atoms with Crippen LogP contribution in [-0.4, -0.2) is 23.1 Å². The highest BCUT2D eigenvalue weighted by Gasteiger charge is 2.10. The number of nitrogens with zero attached hydrogens (tertiary/aromatic N) is 2. The maximum atomic E-state index is 4.61. The highest BCUT2D eigenvalue weighted by molar-refractivity contribution is 7.18. The van der Waals surface area contributed by atoms with Gasteiger partial charge in [0.25, 0.3) is 0 Å². The van der Waals surface area contributed by atoms with Crippen LogP contribution in [0, 0.1) is 0 Å². The topological polar surface area (TPSA) is 49.8 Å². The number of unbranched alkanes of at least 4 members (excludes halogenated alkanes) is 2. The molecule has 0 aliphatic rings. The molecule has 0 radical (unpaired) electrons. The van der Waals surface area contributed by atoms with Gasteiger partial charge in [0.1, 0.15) is 10.6 Å². The number of rotatable bonds is 8. The third-order valence-electron chi connectivity index (χ3n) is 3.20. The monoisotopic (exact) mass is 292 g/mol. The lowest BCUT2D eigenvalue weighted by atomic mass is 10.2. The second-order valence-electron chi connectivity index (χ2n) is 4.85. The van der Waals surface area contributed by atoms with Crippen molar-refractivity contribution in [2.45, 2.75) is 46.5 Å². The number of thiophene rings is 1. The van der Waals surface area contributed by atoms with E-state index < -0.39 is 0 Å². The van der Waals surface area contributed by atoms with E-state index in [0.717, 1.165) is 41.5 Å². The van der Waals surface area contributed by atoms with Gasteiger partial charge in [-0.25, -0.2) is 4.98 Å². The zero-order valence-corrected chi connectivity index (χ0v) is 13.4. The molecule has 5 heteroatoms. The standard InChI is InChI=1S/C15H24N4S/c1-4-7-8-9-17-13-12-10-11(5-2)20-14(12)19-15(18-13)16-6-3/h10H,4-9H2,1-3H3,(H2,16,17,18,19). The molecule has 0 atom stereocenters. The zero-order chi connectivity index (χ0) is 14.4. The maximum Gasteiger partial charge on any atom is 0.226 e. The first-order valence-corrected chi connectivity index (χ1v) is 8.38. The number of nitrogens with one attached hydrogen (secondary N) is 2. The van der Waals surface area contributed by atoms with Crippen molar-refractivity contribution in [2.24, 2.45) is 0 Å². The fraction of sp³-hybridized carbons (Fsp3) is 0.600. The van der Waals surface area contributed by atoms with E-state index in [4.69, 9.17) is 0 Å². The van der Waals surface area contributed by atoms with E-state index >= 15 is 0 Å². The molecule has 0 spiro atoms. The van der Waals surface area contributed by atoms with Gasteiger partial charge in [-0.2, -0.15) is 4.98 Å². The highest BCUT2D eigenvalue weighted by Crippen LogP contribution is 2.30. The minimum Gasteiger partial charge on any atom is -0.369 e. The van der Waals surface area contributed by atoms with Gasteiger partial charge in [-0.15, -0.1) is 11.3 Å². The SMILES string of the molecule is CCCCCNc1nc(NCC)nc2sc(CC)cc12. The molecule has 0 aliphatic heterocycles. The Hall–Kier alpha value is -1.36. The molecule has 0 aromatic carbocycles. The molecule has 2 heterocycles. The molecule has 0 saturated carbocycles. The lowest BCUT2D eigenvalue weighted by Gasteiger charge is -2.08. The molecule has 20 heavy (non-hydrogen) atoms. The van der Waals surface area contributed by atoms with E-state index in [1.165, 1.54) is 24.1 Å². The van der Waals surface area contributed by atoms with E-state index in [2.05, 4.69) is 47.4 Å². The Morgan fingerprint density at radius 1 is 1.10 bits per heavy atom. The Morgan fingerprint density at radius 2 is 1.95 bits per heavy atom. The van der Waals surface area contributed by atoms with Crippen molar-refractivity contribution >= 4 is 33.3 Å². The molecular weight excluding hydrogens is 268 g/mol. The largest absolute Gasteiger partial charge is 0.369 e. The third-order valence-corrected chi connectivity index (χ3v) is 4.37. The van der Waals surface area contributed by atoms with Crippen LogP contribution in [0.5, 0.6) is 0 Å². The predicted octanol–water partition coefficient (Wildman–Crippen LogP) is 4.29. The van der Waals surface area contributed by atoms with E-state index in [0.29, 0.717) is 0 Å². The first kappa shape index (κ1) is 15.0. The fourth-order valence-electron chi connectivity index (χ4n) is 2.10. The molecule has 0 bridgehead atoms. The molecule has 4 nitrogen and oxygen atoms in total. The third kappa shape index (κ3) is 3.60. The van der Waals surface area contributed by atoms with Gasteiger partial charge < -0.3 is 10.6 Å². The fourth-order valence-corrected chi connectivity index (χ4v) is 3.07. The van der Waals surface area contributed by atoms with Gasteiger partial charge in [-0.3, -0.25) is 0 Å². The van der Waals surface area contributed by atoms with Crippen LogP contribution >= 0.6 is 11.3 Å². The Morgan fingerprint density at radius 3 is 2.65 bits per heavy atom. The zero-order valence-electron chi connectivity index (χ0n) is 12.6. The second-order valence-corrected chi connectivity index (χ2v) is 5.96. The average Bonchev–Trinajstić information content (AvgIpc) is 2.87. The van der Waals surface area contributed by atoms with Gasteiger partial charge in [-0.05, 0) is 25.8 Å². The summed E-state index contributed by atoms with van der Waals surface area (Å²) in [6.07, 6.45) is 4.73. The number of aryl methyl sites for hydroxylation is 1. The van der Waals surface area contributed by atoms with Gasteiger partial charge in [0.15, 0.2) is 0 Å². The summed E-state index contributed by atoms with van der Waals surface area (Å²) in [5.41, 5.74) is 0. The van der Waals surface area contributed by atoms with Crippen LogP contribution in [0.15, 0.2) is 6.07 Å². The van der Waals surface area contributed by atoms with Crippen molar-refractivity contribution in [1.82, 2.24) is 9.97 Å². The first-order chi connectivity index (χ1) is 9.78. The number of anilines is 2. The molecule has 2 aromatic rings. The van der Waals surface area contributed by atoms with E-state index in [1.54, 1.807) is 11.3 Å². The number of aromatic nitrogens is 2. The minimum absolute atomic E-state index is 0.725. The van der Waals surface area contributed by atoms with Crippen molar-refractivity contribution in [1.29, 1.82) is 0 Å². The lowest BCUT2D eigenvalue weighted by molar-refractivity contribution is 0.742. The minimum atomic E-state index is 0.725. The number of hydrogen-bond donors (Lipinski definition) is 2. The molecule has 110 valence electrons. The molecule has 0 fully saturated rings. The summed E-state index contributed by atoms with van der Waals surface area (Å²) in [7, 11) is 0. The molecular formula is C15H24N4S. The normalized spacial score (nSPS) is 10.9. The van der Waals surface area contributed by atoms with Crippen molar-refractivity contribution in [3.8, 4) is 0 Å². The van der Waals surface area contributed by atoms with Crippen LogP contribution in [0.3, 0.4) is 0 Å². The average molecular weight is 292 g/mol. The Balaban J connectivity index is 2.25. The van der Waals surface area contributed by atoms with Gasteiger partial charge in [-0.1, -0.05) is 26.7 Å².